The van der Waals surface area contributed by atoms with Crippen molar-refractivity contribution in [1.82, 2.24) is 5.32 Å². The van der Waals surface area contributed by atoms with Crippen molar-refractivity contribution in [1.29, 1.82) is 0 Å². The van der Waals surface area contributed by atoms with E-state index in [1.165, 1.54) is 48.9 Å². The van der Waals surface area contributed by atoms with E-state index in [-0.39, 0.29) is 0 Å². The van der Waals surface area contributed by atoms with E-state index in [0.717, 1.165) is 12.0 Å². The van der Waals surface area contributed by atoms with E-state index in [4.69, 9.17) is 0 Å². The number of piperidine rings is 1. The molecule has 0 amide bonds. The second-order valence-corrected chi connectivity index (χ2v) is 5.79. The van der Waals surface area contributed by atoms with Gasteiger partial charge in [-0.15, -0.1) is 0 Å². The van der Waals surface area contributed by atoms with Crippen molar-refractivity contribution in [3.8, 4) is 0 Å². The Balaban J connectivity index is 1.85. The van der Waals surface area contributed by atoms with Crippen LogP contribution >= 0.6 is 0 Å². The van der Waals surface area contributed by atoms with Crippen LogP contribution in [-0.2, 0) is 6.42 Å². The fourth-order valence-electron chi connectivity index (χ4n) is 2.89. The highest BCUT2D eigenvalue weighted by Gasteiger charge is 2.16. The molecule has 1 aromatic rings. The van der Waals surface area contributed by atoms with Crippen molar-refractivity contribution in [2.24, 2.45) is 5.92 Å². The lowest BCUT2D eigenvalue weighted by molar-refractivity contribution is 0.309. The molecule has 1 heteroatoms. The first-order valence-electron chi connectivity index (χ1n) is 6.94. The number of hydrogen-bond donors (Lipinski definition) is 1. The summed E-state index contributed by atoms with van der Waals surface area (Å²) in [5.74, 6) is 0.881. The summed E-state index contributed by atoms with van der Waals surface area (Å²) in [5, 5.41) is 3.59. The van der Waals surface area contributed by atoms with Gasteiger partial charge in [-0.2, -0.15) is 0 Å². The monoisotopic (exact) mass is 231 g/mol. The topological polar surface area (TPSA) is 12.0 Å². The molecule has 0 aliphatic carbocycles. The molecule has 1 aliphatic rings. The van der Waals surface area contributed by atoms with Crippen LogP contribution in [0.15, 0.2) is 18.2 Å². The van der Waals surface area contributed by atoms with Gasteiger partial charge in [-0.1, -0.05) is 29.3 Å². The summed E-state index contributed by atoms with van der Waals surface area (Å²) in [4.78, 5) is 0. The molecule has 0 aromatic heterocycles. The van der Waals surface area contributed by atoms with Gasteiger partial charge in [0.15, 0.2) is 0 Å². The molecule has 2 unspecified atom stereocenters. The molecule has 17 heavy (non-hydrogen) atoms. The van der Waals surface area contributed by atoms with Gasteiger partial charge in [-0.25, -0.2) is 0 Å². The van der Waals surface area contributed by atoms with Crippen LogP contribution in [-0.4, -0.2) is 12.6 Å². The molecule has 2 atom stereocenters. The smallest absolute Gasteiger partial charge is 0.00389 e. The average Bonchev–Trinajstić information content (AvgIpc) is 2.27. The van der Waals surface area contributed by atoms with Crippen LogP contribution in [0.4, 0.5) is 0 Å². The van der Waals surface area contributed by atoms with Crippen molar-refractivity contribution >= 4 is 0 Å². The third-order valence-corrected chi connectivity index (χ3v) is 3.89. The summed E-state index contributed by atoms with van der Waals surface area (Å²) in [5.41, 5.74) is 4.31. The molecule has 1 fully saturated rings. The van der Waals surface area contributed by atoms with Crippen LogP contribution in [0.5, 0.6) is 0 Å². The van der Waals surface area contributed by atoms with Crippen molar-refractivity contribution in [3.05, 3.63) is 34.9 Å². The minimum Gasteiger partial charge on any atom is -0.314 e. The molecule has 1 heterocycles. The van der Waals surface area contributed by atoms with Gasteiger partial charge in [0.2, 0.25) is 0 Å². The number of nitrogens with one attached hydrogen (secondary N) is 1. The average molecular weight is 231 g/mol. The zero-order valence-electron chi connectivity index (χ0n) is 11.4. The highest BCUT2D eigenvalue weighted by molar-refractivity contribution is 5.28. The molecule has 1 aliphatic heterocycles. The number of aryl methyl sites for hydroxylation is 3. The zero-order chi connectivity index (χ0) is 12.3. The minimum absolute atomic E-state index is 0.729. The molecule has 1 nitrogen and oxygen atoms in total. The van der Waals surface area contributed by atoms with Gasteiger partial charge < -0.3 is 5.32 Å². The van der Waals surface area contributed by atoms with E-state index in [1.807, 2.05) is 0 Å². The van der Waals surface area contributed by atoms with Crippen molar-refractivity contribution < 1.29 is 0 Å². The third kappa shape index (κ3) is 3.85. The first kappa shape index (κ1) is 12.6. The molecule has 0 spiro atoms. The highest BCUT2D eigenvalue weighted by atomic mass is 14.9. The molecule has 1 aromatic carbocycles. The van der Waals surface area contributed by atoms with Crippen molar-refractivity contribution in [2.75, 3.05) is 6.54 Å². The summed E-state index contributed by atoms with van der Waals surface area (Å²) in [6.45, 7) is 7.90. The largest absolute Gasteiger partial charge is 0.314 e. The predicted octanol–water partition coefficient (Wildman–Crippen LogP) is 3.62. The Labute approximate surface area is 106 Å². The molecular weight excluding hydrogens is 206 g/mol. The minimum atomic E-state index is 0.729. The van der Waals surface area contributed by atoms with Crippen LogP contribution < -0.4 is 5.32 Å². The van der Waals surface area contributed by atoms with E-state index in [9.17, 15) is 0 Å². The summed E-state index contributed by atoms with van der Waals surface area (Å²) in [7, 11) is 0. The van der Waals surface area contributed by atoms with Crippen molar-refractivity contribution in [3.63, 3.8) is 0 Å². The number of rotatable bonds is 3. The Morgan fingerprint density at radius 2 is 1.82 bits per heavy atom. The summed E-state index contributed by atoms with van der Waals surface area (Å²) in [6, 6.07) is 7.66. The van der Waals surface area contributed by atoms with Crippen LogP contribution in [0, 0.1) is 19.8 Å². The van der Waals surface area contributed by atoms with E-state index in [0.29, 0.717) is 0 Å². The standard InChI is InChI=1S/C16H25N/c1-12-8-13(2)10-16(9-12)7-6-15-5-4-14(3)17-11-15/h8-10,14-15,17H,4-7,11H2,1-3H3. The summed E-state index contributed by atoms with van der Waals surface area (Å²) < 4.78 is 0. The first-order valence-corrected chi connectivity index (χ1v) is 6.94. The highest BCUT2D eigenvalue weighted by Crippen LogP contribution is 2.20. The van der Waals surface area contributed by atoms with Gasteiger partial charge in [0.25, 0.3) is 0 Å². The summed E-state index contributed by atoms with van der Waals surface area (Å²) >= 11 is 0. The second kappa shape index (κ2) is 5.68. The third-order valence-electron chi connectivity index (χ3n) is 3.89. The fraction of sp³-hybridized carbons (Fsp3) is 0.625. The lowest BCUT2D eigenvalue weighted by Gasteiger charge is -2.27. The normalized spacial score (nSPS) is 24.9. The maximum Gasteiger partial charge on any atom is 0.00389 e. The fourth-order valence-corrected chi connectivity index (χ4v) is 2.89. The Kier molecular flexibility index (Phi) is 4.22. The zero-order valence-corrected chi connectivity index (χ0v) is 11.4. The van der Waals surface area contributed by atoms with Crippen LogP contribution in [0.1, 0.15) is 42.9 Å². The lowest BCUT2D eigenvalue weighted by atomic mass is 9.90. The predicted molar refractivity (Wildman–Crippen MR) is 74.4 cm³/mol. The van der Waals surface area contributed by atoms with E-state index in [2.05, 4.69) is 44.3 Å². The molecule has 0 radical (unpaired) electrons. The van der Waals surface area contributed by atoms with Gasteiger partial charge in [0.05, 0.1) is 0 Å². The Morgan fingerprint density at radius 3 is 2.41 bits per heavy atom. The molecule has 0 bridgehead atoms. The Bertz CT molecular complexity index is 342. The van der Waals surface area contributed by atoms with E-state index < -0.39 is 0 Å². The quantitative estimate of drug-likeness (QED) is 0.837. The van der Waals surface area contributed by atoms with Gasteiger partial charge in [-0.3, -0.25) is 0 Å². The van der Waals surface area contributed by atoms with E-state index >= 15 is 0 Å². The second-order valence-electron chi connectivity index (χ2n) is 5.79. The molecule has 1 N–H and O–H groups in total. The van der Waals surface area contributed by atoms with Crippen molar-refractivity contribution in [2.45, 2.75) is 52.5 Å². The SMILES string of the molecule is Cc1cc(C)cc(CCC2CCC(C)NC2)c1. The van der Waals surface area contributed by atoms with Crippen LogP contribution in [0.2, 0.25) is 0 Å². The molecule has 2 rings (SSSR count). The Morgan fingerprint density at radius 1 is 1.12 bits per heavy atom. The van der Waals surface area contributed by atoms with Gasteiger partial charge in [0.1, 0.15) is 0 Å². The Hall–Kier alpha value is -0.820. The number of hydrogen-bond acceptors (Lipinski definition) is 1. The van der Waals surface area contributed by atoms with Crippen LogP contribution in [0.3, 0.4) is 0 Å². The van der Waals surface area contributed by atoms with Gasteiger partial charge >= 0.3 is 0 Å². The maximum atomic E-state index is 3.59. The van der Waals surface area contributed by atoms with Gasteiger partial charge in [0, 0.05) is 6.04 Å². The van der Waals surface area contributed by atoms with E-state index in [1.54, 1.807) is 0 Å². The van der Waals surface area contributed by atoms with Gasteiger partial charge in [-0.05, 0) is 64.5 Å². The number of benzene rings is 1. The maximum absolute atomic E-state index is 3.59. The lowest BCUT2D eigenvalue weighted by Crippen LogP contribution is -2.36. The molecule has 1 saturated heterocycles. The molecular formula is C16H25N. The first-order chi connectivity index (χ1) is 8.13. The molecule has 94 valence electrons. The summed E-state index contributed by atoms with van der Waals surface area (Å²) in [6.07, 6.45) is 5.32. The van der Waals surface area contributed by atoms with Crippen LogP contribution in [0.25, 0.3) is 0 Å². The molecule has 0 saturated carbocycles.